The summed E-state index contributed by atoms with van der Waals surface area (Å²) in [4.78, 5) is 13.0. The summed E-state index contributed by atoms with van der Waals surface area (Å²) in [6.45, 7) is -0.389. The van der Waals surface area contributed by atoms with E-state index in [2.05, 4.69) is 4.98 Å². The zero-order valence-electron chi connectivity index (χ0n) is 6.08. The lowest BCUT2D eigenvalue weighted by molar-refractivity contribution is -0.0140. The zero-order chi connectivity index (χ0) is 9.14. The standard InChI is InChI=1S/C6H8F2N2O2/c7-5(8)4(11)3-10-2-1-9-6(10)12/h1-2,4-5,11H,3H2,(H,9,12). The van der Waals surface area contributed by atoms with Crippen molar-refractivity contribution in [3.8, 4) is 0 Å². The number of alkyl halides is 2. The molecule has 6 heteroatoms. The van der Waals surface area contributed by atoms with Gasteiger partial charge in [0.15, 0.2) is 0 Å². The van der Waals surface area contributed by atoms with Crippen molar-refractivity contribution in [2.75, 3.05) is 0 Å². The summed E-state index contributed by atoms with van der Waals surface area (Å²) in [5.41, 5.74) is -0.505. The fourth-order valence-electron chi connectivity index (χ4n) is 0.774. The number of hydrogen-bond donors (Lipinski definition) is 2. The number of aliphatic hydroxyl groups is 1. The number of hydrogen-bond acceptors (Lipinski definition) is 2. The minimum atomic E-state index is -2.83. The van der Waals surface area contributed by atoms with E-state index in [1.807, 2.05) is 0 Å². The highest BCUT2D eigenvalue weighted by atomic mass is 19.3. The van der Waals surface area contributed by atoms with Crippen LogP contribution in [-0.2, 0) is 6.54 Å². The van der Waals surface area contributed by atoms with Crippen molar-refractivity contribution in [2.45, 2.75) is 19.1 Å². The van der Waals surface area contributed by atoms with Gasteiger partial charge in [-0.05, 0) is 0 Å². The number of halogens is 2. The molecule has 0 aliphatic carbocycles. The number of aromatic amines is 1. The van der Waals surface area contributed by atoms with Crippen molar-refractivity contribution < 1.29 is 13.9 Å². The molecule has 0 fully saturated rings. The van der Waals surface area contributed by atoms with E-state index in [9.17, 15) is 13.6 Å². The van der Waals surface area contributed by atoms with Crippen LogP contribution in [0.5, 0.6) is 0 Å². The van der Waals surface area contributed by atoms with E-state index in [4.69, 9.17) is 5.11 Å². The molecule has 0 aliphatic rings. The molecule has 1 unspecified atom stereocenters. The van der Waals surface area contributed by atoms with Crippen LogP contribution in [0.15, 0.2) is 17.2 Å². The molecule has 12 heavy (non-hydrogen) atoms. The highest BCUT2D eigenvalue weighted by Gasteiger charge is 2.17. The molecule has 1 heterocycles. The van der Waals surface area contributed by atoms with Crippen molar-refractivity contribution in [3.63, 3.8) is 0 Å². The molecule has 1 aromatic rings. The smallest absolute Gasteiger partial charge is 0.325 e. The van der Waals surface area contributed by atoms with E-state index in [1.165, 1.54) is 12.4 Å². The van der Waals surface area contributed by atoms with Crippen LogP contribution in [0.3, 0.4) is 0 Å². The molecule has 68 valence electrons. The van der Waals surface area contributed by atoms with Crippen LogP contribution in [0, 0.1) is 0 Å². The first-order valence-electron chi connectivity index (χ1n) is 3.31. The molecule has 4 nitrogen and oxygen atoms in total. The van der Waals surface area contributed by atoms with Crippen molar-refractivity contribution >= 4 is 0 Å². The van der Waals surface area contributed by atoms with Gasteiger partial charge in [-0.15, -0.1) is 0 Å². The second kappa shape index (κ2) is 3.48. The molecule has 0 radical (unpaired) electrons. The lowest BCUT2D eigenvalue weighted by Gasteiger charge is -2.08. The molecule has 2 N–H and O–H groups in total. The predicted octanol–water partition coefficient (Wildman–Crippen LogP) is -0.198. The Bertz CT molecular complexity index is 294. The normalized spacial score (nSPS) is 13.7. The second-order valence-electron chi connectivity index (χ2n) is 2.32. The van der Waals surface area contributed by atoms with Gasteiger partial charge in [0.1, 0.15) is 6.10 Å². The summed E-state index contributed by atoms with van der Waals surface area (Å²) in [5.74, 6) is 0. The molecule has 0 saturated heterocycles. The van der Waals surface area contributed by atoms with Crippen molar-refractivity contribution in [2.24, 2.45) is 0 Å². The number of H-pyrrole nitrogens is 1. The number of aliphatic hydroxyl groups excluding tert-OH is 1. The van der Waals surface area contributed by atoms with Gasteiger partial charge in [0.25, 0.3) is 6.43 Å². The van der Waals surface area contributed by atoms with E-state index in [0.717, 1.165) is 4.57 Å². The summed E-state index contributed by atoms with van der Waals surface area (Å²) in [6, 6.07) is 0. The van der Waals surface area contributed by atoms with Gasteiger partial charge in [-0.1, -0.05) is 0 Å². The highest BCUT2D eigenvalue weighted by Crippen LogP contribution is 2.01. The van der Waals surface area contributed by atoms with E-state index in [0.29, 0.717) is 0 Å². The Kier molecular flexibility index (Phi) is 2.59. The quantitative estimate of drug-likeness (QED) is 0.673. The SMILES string of the molecule is O=c1[nH]ccn1CC(O)C(F)F. The Balaban J connectivity index is 2.64. The molecule has 0 amide bonds. The fraction of sp³-hybridized carbons (Fsp3) is 0.500. The molecule has 0 saturated carbocycles. The van der Waals surface area contributed by atoms with Crippen molar-refractivity contribution in [3.05, 3.63) is 22.9 Å². The maximum Gasteiger partial charge on any atom is 0.325 e. The van der Waals surface area contributed by atoms with Gasteiger partial charge < -0.3 is 10.1 Å². The molecule has 0 aliphatic heterocycles. The number of aromatic nitrogens is 2. The Morgan fingerprint density at radius 2 is 2.33 bits per heavy atom. The van der Waals surface area contributed by atoms with Gasteiger partial charge in [-0.2, -0.15) is 0 Å². The first kappa shape index (κ1) is 8.92. The Labute approximate surface area is 66.5 Å². The molecule has 0 spiro atoms. The highest BCUT2D eigenvalue weighted by molar-refractivity contribution is 4.77. The molecular weight excluding hydrogens is 170 g/mol. The van der Waals surface area contributed by atoms with Gasteiger partial charge in [0.2, 0.25) is 0 Å². The van der Waals surface area contributed by atoms with Gasteiger partial charge in [0, 0.05) is 12.4 Å². The van der Waals surface area contributed by atoms with E-state index >= 15 is 0 Å². The average molecular weight is 178 g/mol. The second-order valence-corrected chi connectivity index (χ2v) is 2.32. The van der Waals surface area contributed by atoms with Crippen molar-refractivity contribution in [1.82, 2.24) is 9.55 Å². The maximum atomic E-state index is 11.8. The van der Waals surface area contributed by atoms with Gasteiger partial charge in [-0.3, -0.25) is 4.57 Å². The van der Waals surface area contributed by atoms with Crippen LogP contribution < -0.4 is 5.69 Å². The first-order chi connectivity index (χ1) is 5.61. The molecular formula is C6H8F2N2O2. The number of nitrogens with one attached hydrogen (secondary N) is 1. The fourth-order valence-corrected chi connectivity index (χ4v) is 0.774. The van der Waals surface area contributed by atoms with Crippen LogP contribution in [0.25, 0.3) is 0 Å². The lowest BCUT2D eigenvalue weighted by Crippen LogP contribution is -2.28. The minimum absolute atomic E-state index is 0.389. The van der Waals surface area contributed by atoms with Crippen LogP contribution in [0.2, 0.25) is 0 Å². The lowest BCUT2D eigenvalue weighted by atomic mass is 10.4. The van der Waals surface area contributed by atoms with Crippen LogP contribution in [-0.4, -0.2) is 27.2 Å². The van der Waals surface area contributed by atoms with E-state index in [1.54, 1.807) is 0 Å². The topological polar surface area (TPSA) is 58.0 Å². The Morgan fingerprint density at radius 1 is 1.67 bits per heavy atom. The molecule has 1 atom stereocenters. The number of rotatable bonds is 3. The Morgan fingerprint density at radius 3 is 2.75 bits per heavy atom. The molecule has 0 bridgehead atoms. The van der Waals surface area contributed by atoms with Crippen molar-refractivity contribution in [1.29, 1.82) is 0 Å². The zero-order valence-corrected chi connectivity index (χ0v) is 6.08. The molecule has 1 rings (SSSR count). The third-order valence-corrected chi connectivity index (χ3v) is 1.40. The summed E-state index contributed by atoms with van der Waals surface area (Å²) in [5, 5.41) is 8.70. The van der Waals surface area contributed by atoms with E-state index in [-0.39, 0.29) is 6.54 Å². The largest absolute Gasteiger partial charge is 0.385 e. The summed E-state index contributed by atoms with van der Waals surface area (Å²) < 4.78 is 24.5. The maximum absolute atomic E-state index is 11.8. The summed E-state index contributed by atoms with van der Waals surface area (Å²) >= 11 is 0. The minimum Gasteiger partial charge on any atom is -0.385 e. The van der Waals surface area contributed by atoms with Gasteiger partial charge in [-0.25, -0.2) is 13.6 Å². The van der Waals surface area contributed by atoms with Gasteiger partial charge >= 0.3 is 5.69 Å². The summed E-state index contributed by atoms with van der Waals surface area (Å²) in [7, 11) is 0. The number of imidazole rings is 1. The monoisotopic (exact) mass is 178 g/mol. The van der Waals surface area contributed by atoms with Crippen LogP contribution in [0.1, 0.15) is 0 Å². The van der Waals surface area contributed by atoms with E-state index < -0.39 is 18.2 Å². The number of nitrogens with zero attached hydrogens (tertiary/aromatic N) is 1. The predicted molar refractivity (Wildman–Crippen MR) is 37.1 cm³/mol. The molecule has 0 aromatic carbocycles. The third-order valence-electron chi connectivity index (χ3n) is 1.40. The van der Waals surface area contributed by atoms with Crippen LogP contribution in [0.4, 0.5) is 8.78 Å². The average Bonchev–Trinajstić information content (AvgIpc) is 2.36. The third kappa shape index (κ3) is 1.91. The van der Waals surface area contributed by atoms with Gasteiger partial charge in [0.05, 0.1) is 6.54 Å². The Hall–Kier alpha value is -1.17. The first-order valence-corrected chi connectivity index (χ1v) is 3.31. The van der Waals surface area contributed by atoms with Crippen LogP contribution >= 0.6 is 0 Å². The molecule has 1 aromatic heterocycles. The summed E-state index contributed by atoms with van der Waals surface area (Å²) in [6.07, 6.45) is -2.00.